The van der Waals surface area contributed by atoms with Gasteiger partial charge in [-0.3, -0.25) is 6.42 Å². The number of halogens is 1. The summed E-state index contributed by atoms with van der Waals surface area (Å²) in [5, 5.41) is 7.39. The molecule has 0 aliphatic rings. The van der Waals surface area contributed by atoms with E-state index in [1.54, 1.807) is 25.5 Å². The minimum Gasteiger partial charge on any atom is -0.551 e. The third kappa shape index (κ3) is 8.37. The van der Waals surface area contributed by atoms with Gasteiger partial charge in [0.1, 0.15) is 12.2 Å². The monoisotopic (exact) mass is 478 g/mol. The van der Waals surface area contributed by atoms with E-state index in [1.807, 2.05) is 36.8 Å². The number of rotatable bonds is 11. The SMILES string of the molecule is [CH2-]COC[CH-]COc1[c-]ccc(Nc2ncc(Cl)c(Nc3ccccc3P(C)(C)=O)n2)c1.[Li+]. The summed E-state index contributed by atoms with van der Waals surface area (Å²) in [6.07, 6.45) is 3.37. The minimum absolute atomic E-state index is 0. The largest absolute Gasteiger partial charge is 1.00 e. The van der Waals surface area contributed by atoms with Crippen LogP contribution in [0.2, 0.25) is 5.02 Å². The van der Waals surface area contributed by atoms with Crippen molar-refractivity contribution in [1.82, 2.24) is 9.97 Å². The van der Waals surface area contributed by atoms with Crippen molar-refractivity contribution in [3.63, 3.8) is 0 Å². The molecule has 170 valence electrons. The quantitative estimate of drug-likeness (QED) is 0.189. The Balaban J connectivity index is 0.00000385. The molecule has 0 aliphatic heterocycles. The van der Waals surface area contributed by atoms with E-state index in [0.717, 1.165) is 11.0 Å². The van der Waals surface area contributed by atoms with Crippen molar-refractivity contribution >= 4 is 47.2 Å². The van der Waals surface area contributed by atoms with Crippen molar-refractivity contribution in [3.8, 4) is 5.75 Å². The summed E-state index contributed by atoms with van der Waals surface area (Å²) in [5.41, 5.74) is 1.42. The van der Waals surface area contributed by atoms with E-state index < -0.39 is 7.14 Å². The third-order valence-corrected chi connectivity index (χ3v) is 6.08. The number of aromatic nitrogens is 2. The van der Waals surface area contributed by atoms with Crippen LogP contribution in [-0.2, 0) is 9.30 Å². The first kappa shape index (κ1) is 27.2. The molecule has 3 rings (SSSR count). The van der Waals surface area contributed by atoms with Crippen molar-refractivity contribution in [1.29, 1.82) is 0 Å². The van der Waals surface area contributed by atoms with Crippen molar-refractivity contribution < 1.29 is 32.9 Å². The Bertz CT molecular complexity index is 1100. The minimum atomic E-state index is -2.49. The van der Waals surface area contributed by atoms with Gasteiger partial charge >= 0.3 is 18.9 Å². The van der Waals surface area contributed by atoms with Gasteiger partial charge in [-0.05, 0) is 32.1 Å². The van der Waals surface area contributed by atoms with Gasteiger partial charge in [-0.15, -0.1) is 18.2 Å². The van der Waals surface area contributed by atoms with E-state index in [1.165, 1.54) is 6.20 Å². The number of hydrogen-bond acceptors (Lipinski definition) is 7. The predicted octanol–water partition coefficient (Wildman–Crippen LogP) is 2.10. The van der Waals surface area contributed by atoms with Gasteiger partial charge in [0.2, 0.25) is 5.95 Å². The molecule has 0 saturated carbocycles. The Morgan fingerprint density at radius 1 is 1.21 bits per heavy atom. The standard InChI is InChI=1S/C23H25ClN4O3P.Li/c1-4-30-13-8-14-31-18-10-7-9-17(15-18)26-23-25-16-19(24)22(28-23)27-20-11-5-6-12-21(20)32(2,3)29;/h5-9,11-12,15-16H,1,4,13-14H2,2-3H3,(H2,25,26,27,28);/q-3;+1. The van der Waals surface area contributed by atoms with Crippen molar-refractivity contribution in [2.24, 2.45) is 0 Å². The van der Waals surface area contributed by atoms with Crippen LogP contribution >= 0.6 is 18.7 Å². The van der Waals surface area contributed by atoms with Crippen molar-refractivity contribution in [3.05, 3.63) is 73.1 Å². The van der Waals surface area contributed by atoms with Crippen LogP contribution in [0.4, 0.5) is 23.1 Å². The molecule has 0 spiro atoms. The first-order chi connectivity index (χ1) is 15.4. The molecule has 3 aromatic rings. The summed E-state index contributed by atoms with van der Waals surface area (Å²) in [6, 6.07) is 15.8. The number of benzene rings is 2. The van der Waals surface area contributed by atoms with Crippen LogP contribution in [-0.4, -0.2) is 43.1 Å². The molecular formula is C23H25ClLiN4O3P-2. The van der Waals surface area contributed by atoms with Crippen LogP contribution in [0.25, 0.3) is 0 Å². The molecule has 33 heavy (non-hydrogen) atoms. The van der Waals surface area contributed by atoms with Gasteiger partial charge < -0.3 is 31.6 Å². The fourth-order valence-electron chi connectivity index (χ4n) is 2.79. The van der Waals surface area contributed by atoms with E-state index >= 15 is 0 Å². The van der Waals surface area contributed by atoms with Gasteiger partial charge in [-0.25, -0.2) is 4.98 Å². The third-order valence-electron chi connectivity index (χ3n) is 4.25. The molecule has 7 nitrogen and oxygen atoms in total. The molecule has 0 atom stereocenters. The Morgan fingerprint density at radius 2 is 2.00 bits per heavy atom. The number of hydrogen-bond donors (Lipinski definition) is 2. The molecule has 1 heterocycles. The maximum Gasteiger partial charge on any atom is 1.00 e. The smallest absolute Gasteiger partial charge is 0.551 e. The maximum atomic E-state index is 12.6. The van der Waals surface area contributed by atoms with Gasteiger partial charge in [0.25, 0.3) is 0 Å². The number of para-hydroxylation sites is 1. The van der Waals surface area contributed by atoms with Crippen molar-refractivity contribution in [2.45, 2.75) is 0 Å². The molecule has 2 aromatic carbocycles. The van der Waals surface area contributed by atoms with Gasteiger partial charge in [0, 0.05) is 11.1 Å². The Kier molecular flexibility index (Phi) is 10.8. The van der Waals surface area contributed by atoms with Crippen LogP contribution in [0.15, 0.2) is 48.7 Å². The number of nitrogens with zero attached hydrogens (tertiary/aromatic N) is 2. The van der Waals surface area contributed by atoms with E-state index in [2.05, 4.69) is 33.6 Å². The average Bonchev–Trinajstić information content (AvgIpc) is 2.76. The van der Waals surface area contributed by atoms with Crippen LogP contribution in [0.1, 0.15) is 0 Å². The first-order valence-corrected chi connectivity index (χ1v) is 12.9. The summed E-state index contributed by atoms with van der Waals surface area (Å²) >= 11 is 6.31. The van der Waals surface area contributed by atoms with Crippen LogP contribution in [0.3, 0.4) is 0 Å². The maximum absolute atomic E-state index is 12.6. The van der Waals surface area contributed by atoms with Crippen LogP contribution in [0.5, 0.6) is 5.75 Å². The molecule has 0 amide bonds. The van der Waals surface area contributed by atoms with Gasteiger partial charge in [0.05, 0.1) is 11.9 Å². The number of anilines is 4. The van der Waals surface area contributed by atoms with Gasteiger partial charge in [0.15, 0.2) is 5.82 Å². The molecule has 0 aliphatic carbocycles. The zero-order valence-corrected chi connectivity index (χ0v) is 20.6. The summed E-state index contributed by atoms with van der Waals surface area (Å²) in [6.45, 7) is 8.34. The first-order valence-electron chi connectivity index (χ1n) is 9.91. The fourth-order valence-corrected chi connectivity index (χ4v) is 4.08. The summed E-state index contributed by atoms with van der Waals surface area (Å²) in [4.78, 5) is 8.72. The molecule has 1 aromatic heterocycles. The molecule has 0 saturated heterocycles. The van der Waals surface area contributed by atoms with Gasteiger partial charge in [-0.1, -0.05) is 42.6 Å². The second-order valence-electron chi connectivity index (χ2n) is 7.12. The Hall–Kier alpha value is -2.00. The summed E-state index contributed by atoms with van der Waals surface area (Å²) in [5.74, 6) is 1.32. The molecule has 10 heteroatoms. The zero-order valence-electron chi connectivity index (χ0n) is 19.0. The van der Waals surface area contributed by atoms with E-state index in [0.29, 0.717) is 48.0 Å². The molecule has 2 N–H and O–H groups in total. The molecule has 0 fully saturated rings. The summed E-state index contributed by atoms with van der Waals surface area (Å²) in [7, 11) is -2.49. The fraction of sp³-hybridized carbons (Fsp3) is 0.217. The summed E-state index contributed by atoms with van der Waals surface area (Å²) < 4.78 is 23.4. The second kappa shape index (κ2) is 13.0. The Labute approximate surface area is 212 Å². The molecular weight excluding hydrogens is 454 g/mol. The normalized spacial score (nSPS) is 10.9. The number of ether oxygens (including phenoxy) is 2. The zero-order chi connectivity index (χ0) is 23.0. The van der Waals surface area contributed by atoms with Crippen LogP contribution < -0.4 is 39.5 Å². The molecule has 0 bridgehead atoms. The topological polar surface area (TPSA) is 85.4 Å². The van der Waals surface area contributed by atoms with E-state index in [9.17, 15) is 4.57 Å². The number of nitrogens with one attached hydrogen (secondary N) is 2. The molecule has 0 radical (unpaired) electrons. The van der Waals surface area contributed by atoms with E-state index in [4.69, 9.17) is 21.1 Å². The van der Waals surface area contributed by atoms with Crippen LogP contribution in [0, 0.1) is 19.4 Å². The predicted molar refractivity (Wildman–Crippen MR) is 130 cm³/mol. The van der Waals surface area contributed by atoms with Crippen molar-refractivity contribution in [2.75, 3.05) is 43.8 Å². The Morgan fingerprint density at radius 3 is 2.76 bits per heavy atom. The van der Waals surface area contributed by atoms with E-state index in [-0.39, 0.29) is 18.9 Å². The average molecular weight is 479 g/mol. The second-order valence-corrected chi connectivity index (χ2v) is 10.7. The van der Waals surface area contributed by atoms with Gasteiger partial charge in [-0.2, -0.15) is 11.1 Å². The molecule has 0 unspecified atom stereocenters.